The Morgan fingerprint density at radius 2 is 2.00 bits per heavy atom. The van der Waals surface area contributed by atoms with E-state index >= 15 is 0 Å². The molecule has 1 saturated carbocycles. The number of carbonyl (C=O) groups is 1. The van der Waals surface area contributed by atoms with Crippen LogP contribution in [0.4, 0.5) is 0 Å². The first-order chi connectivity index (χ1) is 10.1. The molecule has 1 aromatic rings. The second-order valence-electron chi connectivity index (χ2n) is 7.04. The monoisotopic (exact) mass is 290 g/mol. The first-order valence-corrected chi connectivity index (χ1v) is 8.30. The van der Waals surface area contributed by atoms with Crippen LogP contribution in [0, 0.1) is 11.8 Å². The number of aromatic nitrogens is 3. The SMILES string of the molecule is CC(C)CC(=O)N1CCC(Cc2nc(C3CC3)n[nH]2)CC1. The zero-order valence-corrected chi connectivity index (χ0v) is 13.1. The van der Waals surface area contributed by atoms with Crippen LogP contribution >= 0.6 is 0 Å². The fourth-order valence-corrected chi connectivity index (χ4v) is 3.06. The molecule has 1 N–H and O–H groups in total. The third-order valence-corrected chi connectivity index (χ3v) is 4.52. The topological polar surface area (TPSA) is 61.9 Å². The third kappa shape index (κ3) is 3.83. The maximum Gasteiger partial charge on any atom is 0.222 e. The van der Waals surface area contributed by atoms with Gasteiger partial charge in [0.2, 0.25) is 5.91 Å². The van der Waals surface area contributed by atoms with E-state index in [4.69, 9.17) is 0 Å². The Kier molecular flexibility index (Phi) is 4.27. The van der Waals surface area contributed by atoms with Gasteiger partial charge in [0.1, 0.15) is 5.82 Å². The van der Waals surface area contributed by atoms with E-state index in [0.29, 0.717) is 30.1 Å². The number of nitrogens with one attached hydrogen (secondary N) is 1. The molecular weight excluding hydrogens is 264 g/mol. The number of hydrogen-bond acceptors (Lipinski definition) is 3. The van der Waals surface area contributed by atoms with Crippen LogP contribution < -0.4 is 0 Å². The average Bonchev–Trinajstić information content (AvgIpc) is 3.20. The lowest BCUT2D eigenvalue weighted by Gasteiger charge is -2.32. The highest BCUT2D eigenvalue weighted by molar-refractivity contribution is 5.76. The molecule has 0 atom stereocenters. The lowest BCUT2D eigenvalue weighted by atomic mass is 9.93. The minimum absolute atomic E-state index is 0.319. The third-order valence-electron chi connectivity index (χ3n) is 4.52. The van der Waals surface area contributed by atoms with Gasteiger partial charge in [-0.15, -0.1) is 0 Å². The molecule has 1 saturated heterocycles. The zero-order valence-electron chi connectivity index (χ0n) is 13.1. The van der Waals surface area contributed by atoms with Crippen molar-refractivity contribution in [2.75, 3.05) is 13.1 Å². The maximum absolute atomic E-state index is 12.1. The Morgan fingerprint density at radius 3 is 2.62 bits per heavy atom. The van der Waals surface area contributed by atoms with E-state index in [9.17, 15) is 4.79 Å². The number of hydrogen-bond donors (Lipinski definition) is 1. The van der Waals surface area contributed by atoms with Gasteiger partial charge in [0.05, 0.1) is 0 Å². The van der Waals surface area contributed by atoms with Crippen LogP contribution in [0.15, 0.2) is 0 Å². The predicted molar refractivity (Wildman–Crippen MR) is 80.8 cm³/mol. The highest BCUT2D eigenvalue weighted by Crippen LogP contribution is 2.37. The molecule has 5 nitrogen and oxygen atoms in total. The van der Waals surface area contributed by atoms with E-state index in [1.54, 1.807) is 0 Å². The van der Waals surface area contributed by atoms with Crippen molar-refractivity contribution >= 4 is 5.91 Å². The highest BCUT2D eigenvalue weighted by Gasteiger charge is 2.28. The Hall–Kier alpha value is -1.39. The molecule has 21 heavy (non-hydrogen) atoms. The maximum atomic E-state index is 12.1. The molecule has 5 heteroatoms. The van der Waals surface area contributed by atoms with Gasteiger partial charge < -0.3 is 4.90 Å². The van der Waals surface area contributed by atoms with Gasteiger partial charge in [-0.3, -0.25) is 9.89 Å². The molecule has 2 fully saturated rings. The Labute approximate surface area is 126 Å². The first kappa shape index (κ1) is 14.5. The van der Waals surface area contributed by atoms with Crippen LogP contribution in [0.5, 0.6) is 0 Å². The van der Waals surface area contributed by atoms with Crippen molar-refractivity contribution in [3.63, 3.8) is 0 Å². The highest BCUT2D eigenvalue weighted by atomic mass is 16.2. The molecule has 0 spiro atoms. The molecule has 1 aliphatic carbocycles. The molecule has 2 heterocycles. The number of likely N-dealkylation sites (tertiary alicyclic amines) is 1. The minimum Gasteiger partial charge on any atom is -0.343 e. The summed E-state index contributed by atoms with van der Waals surface area (Å²) >= 11 is 0. The minimum atomic E-state index is 0.319. The van der Waals surface area contributed by atoms with Gasteiger partial charge in [0, 0.05) is 31.8 Å². The summed E-state index contributed by atoms with van der Waals surface area (Å²) in [5.41, 5.74) is 0. The van der Waals surface area contributed by atoms with Crippen LogP contribution in [-0.4, -0.2) is 39.1 Å². The molecule has 0 aromatic carbocycles. The summed E-state index contributed by atoms with van der Waals surface area (Å²) in [6.07, 6.45) is 6.32. The van der Waals surface area contributed by atoms with Gasteiger partial charge in [-0.1, -0.05) is 13.8 Å². The molecule has 116 valence electrons. The Morgan fingerprint density at radius 1 is 1.29 bits per heavy atom. The van der Waals surface area contributed by atoms with E-state index in [0.717, 1.165) is 44.0 Å². The normalized spacial score (nSPS) is 20.2. The van der Waals surface area contributed by atoms with Crippen molar-refractivity contribution in [2.24, 2.45) is 11.8 Å². The lowest BCUT2D eigenvalue weighted by molar-refractivity contribution is -0.133. The van der Waals surface area contributed by atoms with Gasteiger partial charge in [-0.25, -0.2) is 4.98 Å². The quantitative estimate of drug-likeness (QED) is 0.906. The number of carbonyl (C=O) groups excluding carboxylic acids is 1. The number of piperidine rings is 1. The number of nitrogens with zero attached hydrogens (tertiary/aromatic N) is 3. The summed E-state index contributed by atoms with van der Waals surface area (Å²) in [7, 11) is 0. The van der Waals surface area contributed by atoms with Crippen molar-refractivity contribution in [3.8, 4) is 0 Å². The standard InChI is InChI=1S/C16H26N4O/c1-11(2)9-15(21)20-7-5-12(6-8-20)10-14-17-16(19-18-14)13-3-4-13/h11-13H,3-10H2,1-2H3,(H,17,18,19). The van der Waals surface area contributed by atoms with E-state index in [2.05, 4.69) is 29.0 Å². The molecule has 0 unspecified atom stereocenters. The molecule has 1 amide bonds. The Bertz CT molecular complexity index is 484. The second kappa shape index (κ2) is 6.16. The van der Waals surface area contributed by atoms with Crippen LogP contribution in [0.25, 0.3) is 0 Å². The zero-order chi connectivity index (χ0) is 14.8. The van der Waals surface area contributed by atoms with Gasteiger partial charge in [-0.2, -0.15) is 5.10 Å². The van der Waals surface area contributed by atoms with Crippen molar-refractivity contribution in [2.45, 2.75) is 58.3 Å². The molecule has 2 aliphatic rings. The summed E-state index contributed by atoms with van der Waals surface area (Å²) in [5, 5.41) is 7.41. The smallest absolute Gasteiger partial charge is 0.222 e. The number of aromatic amines is 1. The van der Waals surface area contributed by atoms with E-state index in [-0.39, 0.29) is 0 Å². The molecule has 1 aliphatic heterocycles. The van der Waals surface area contributed by atoms with Crippen LogP contribution in [0.2, 0.25) is 0 Å². The summed E-state index contributed by atoms with van der Waals surface area (Å²) in [6, 6.07) is 0. The van der Waals surface area contributed by atoms with Gasteiger partial charge in [-0.05, 0) is 37.5 Å². The number of amides is 1. The fourth-order valence-electron chi connectivity index (χ4n) is 3.06. The van der Waals surface area contributed by atoms with Crippen molar-refractivity contribution in [3.05, 3.63) is 11.6 Å². The Balaban J connectivity index is 1.45. The second-order valence-corrected chi connectivity index (χ2v) is 7.04. The predicted octanol–water partition coefficient (Wildman–Crippen LogP) is 2.51. The van der Waals surface area contributed by atoms with Gasteiger partial charge >= 0.3 is 0 Å². The van der Waals surface area contributed by atoms with E-state index < -0.39 is 0 Å². The van der Waals surface area contributed by atoms with Crippen molar-refractivity contribution in [1.82, 2.24) is 20.1 Å². The fraction of sp³-hybridized carbons (Fsp3) is 0.812. The summed E-state index contributed by atoms with van der Waals surface area (Å²) in [6.45, 7) is 6.01. The average molecular weight is 290 g/mol. The van der Waals surface area contributed by atoms with Crippen molar-refractivity contribution in [1.29, 1.82) is 0 Å². The van der Waals surface area contributed by atoms with Crippen LogP contribution in [0.3, 0.4) is 0 Å². The molecular formula is C16H26N4O. The number of rotatable bonds is 5. The summed E-state index contributed by atoms with van der Waals surface area (Å²) in [5.74, 6) is 4.06. The lowest BCUT2D eigenvalue weighted by Crippen LogP contribution is -2.39. The van der Waals surface area contributed by atoms with Crippen LogP contribution in [-0.2, 0) is 11.2 Å². The molecule has 1 aromatic heterocycles. The molecule has 0 bridgehead atoms. The first-order valence-electron chi connectivity index (χ1n) is 8.30. The van der Waals surface area contributed by atoms with Crippen LogP contribution in [0.1, 0.15) is 63.5 Å². The number of H-pyrrole nitrogens is 1. The van der Waals surface area contributed by atoms with Gasteiger partial charge in [0.15, 0.2) is 5.82 Å². The van der Waals surface area contributed by atoms with Crippen molar-refractivity contribution < 1.29 is 4.79 Å². The van der Waals surface area contributed by atoms with E-state index in [1.807, 2.05) is 4.90 Å². The summed E-state index contributed by atoms with van der Waals surface area (Å²) in [4.78, 5) is 18.7. The van der Waals surface area contributed by atoms with Gasteiger partial charge in [0.25, 0.3) is 0 Å². The summed E-state index contributed by atoms with van der Waals surface area (Å²) < 4.78 is 0. The largest absolute Gasteiger partial charge is 0.343 e. The molecule has 0 radical (unpaired) electrons. The van der Waals surface area contributed by atoms with E-state index in [1.165, 1.54) is 12.8 Å². The molecule has 3 rings (SSSR count).